The highest BCUT2D eigenvalue weighted by molar-refractivity contribution is 5.89. The van der Waals surface area contributed by atoms with E-state index in [0.717, 1.165) is 24.2 Å². The number of hydrogen-bond donors (Lipinski definition) is 0. The van der Waals surface area contributed by atoms with Gasteiger partial charge in [0, 0.05) is 19.6 Å². The highest BCUT2D eigenvalue weighted by atomic mass is 16.5. The van der Waals surface area contributed by atoms with Crippen LogP contribution in [0.2, 0.25) is 0 Å². The lowest BCUT2D eigenvalue weighted by Crippen LogP contribution is -2.51. The minimum atomic E-state index is -0.312. The van der Waals surface area contributed by atoms with Gasteiger partial charge >= 0.3 is 0 Å². The molecular formula is C19H26N2O4. The summed E-state index contributed by atoms with van der Waals surface area (Å²) >= 11 is 0. The minimum absolute atomic E-state index is 0.0215. The molecule has 6 heteroatoms. The van der Waals surface area contributed by atoms with Gasteiger partial charge in [-0.3, -0.25) is 9.59 Å². The Morgan fingerprint density at radius 1 is 1.16 bits per heavy atom. The van der Waals surface area contributed by atoms with E-state index in [9.17, 15) is 9.59 Å². The fraction of sp³-hybridized carbons (Fsp3) is 0.579. The molecule has 2 aliphatic rings. The van der Waals surface area contributed by atoms with Crippen molar-refractivity contribution in [1.29, 1.82) is 0 Å². The molecule has 2 heterocycles. The van der Waals surface area contributed by atoms with E-state index in [2.05, 4.69) is 0 Å². The largest absolute Gasteiger partial charge is 0.494 e. The van der Waals surface area contributed by atoms with Gasteiger partial charge in [0.15, 0.2) is 0 Å². The van der Waals surface area contributed by atoms with Gasteiger partial charge in [0.25, 0.3) is 0 Å². The summed E-state index contributed by atoms with van der Waals surface area (Å²) in [5.41, 5.74) is 0.943. The standard InChI is InChI=1S/C19H26N2O4/c1-2-25-16-7-5-15(6-8-16)14-18(22)21-9-3-4-17(21)19(23)20-10-12-24-13-11-20/h5-8,17H,2-4,9-14H2,1H3/t17-/m0/s1. The smallest absolute Gasteiger partial charge is 0.245 e. The van der Waals surface area contributed by atoms with E-state index in [-0.39, 0.29) is 17.9 Å². The normalized spacial score (nSPS) is 20.6. The van der Waals surface area contributed by atoms with Crippen LogP contribution in [0, 0.1) is 0 Å². The molecule has 6 nitrogen and oxygen atoms in total. The number of rotatable bonds is 5. The Balaban J connectivity index is 1.61. The Labute approximate surface area is 148 Å². The lowest BCUT2D eigenvalue weighted by molar-refractivity contribution is -0.146. The number of morpholine rings is 1. The zero-order valence-electron chi connectivity index (χ0n) is 14.8. The number of hydrogen-bond acceptors (Lipinski definition) is 4. The van der Waals surface area contributed by atoms with E-state index in [4.69, 9.17) is 9.47 Å². The molecule has 2 saturated heterocycles. The predicted molar refractivity (Wildman–Crippen MR) is 93.4 cm³/mol. The first kappa shape index (κ1) is 17.7. The van der Waals surface area contributed by atoms with Crippen LogP contribution in [0.15, 0.2) is 24.3 Å². The summed E-state index contributed by atoms with van der Waals surface area (Å²) in [5, 5.41) is 0. The molecular weight excluding hydrogens is 320 g/mol. The van der Waals surface area contributed by atoms with Crippen LogP contribution >= 0.6 is 0 Å². The summed E-state index contributed by atoms with van der Waals surface area (Å²) in [4.78, 5) is 29.1. The number of nitrogens with zero attached hydrogens (tertiary/aromatic N) is 2. The molecule has 0 bridgehead atoms. The molecule has 0 aromatic heterocycles. The summed E-state index contributed by atoms with van der Waals surface area (Å²) in [6.07, 6.45) is 1.96. The summed E-state index contributed by atoms with van der Waals surface area (Å²) in [7, 11) is 0. The van der Waals surface area contributed by atoms with Crippen molar-refractivity contribution in [3.05, 3.63) is 29.8 Å². The van der Waals surface area contributed by atoms with Crippen molar-refractivity contribution in [3.63, 3.8) is 0 Å². The van der Waals surface area contributed by atoms with Gasteiger partial charge in [-0.25, -0.2) is 0 Å². The van der Waals surface area contributed by atoms with Crippen LogP contribution in [0.25, 0.3) is 0 Å². The van der Waals surface area contributed by atoms with Crippen LogP contribution in [0.3, 0.4) is 0 Å². The SMILES string of the molecule is CCOc1ccc(CC(=O)N2CCC[C@H]2C(=O)N2CCOCC2)cc1. The number of amides is 2. The first-order valence-corrected chi connectivity index (χ1v) is 9.06. The van der Waals surface area contributed by atoms with E-state index in [0.29, 0.717) is 45.9 Å². The molecule has 1 aromatic rings. The Morgan fingerprint density at radius 3 is 2.56 bits per heavy atom. The number of likely N-dealkylation sites (tertiary alicyclic amines) is 1. The molecule has 0 spiro atoms. The van der Waals surface area contributed by atoms with Crippen LogP contribution in [0.1, 0.15) is 25.3 Å². The van der Waals surface area contributed by atoms with Crippen LogP contribution in [0.4, 0.5) is 0 Å². The summed E-state index contributed by atoms with van der Waals surface area (Å²) in [5.74, 6) is 0.898. The van der Waals surface area contributed by atoms with E-state index < -0.39 is 0 Å². The maximum Gasteiger partial charge on any atom is 0.245 e. The number of carbonyl (C=O) groups excluding carboxylic acids is 2. The molecule has 0 aliphatic carbocycles. The van der Waals surface area contributed by atoms with E-state index >= 15 is 0 Å². The topological polar surface area (TPSA) is 59.1 Å². The lowest BCUT2D eigenvalue weighted by atomic mass is 10.1. The first-order valence-electron chi connectivity index (χ1n) is 9.06. The lowest BCUT2D eigenvalue weighted by Gasteiger charge is -2.32. The van der Waals surface area contributed by atoms with Gasteiger partial charge in [0.2, 0.25) is 11.8 Å². The van der Waals surface area contributed by atoms with E-state index in [1.807, 2.05) is 36.1 Å². The Morgan fingerprint density at radius 2 is 1.88 bits per heavy atom. The van der Waals surface area contributed by atoms with Gasteiger partial charge in [-0.1, -0.05) is 12.1 Å². The van der Waals surface area contributed by atoms with E-state index in [1.54, 1.807) is 4.90 Å². The third kappa shape index (κ3) is 4.31. The average molecular weight is 346 g/mol. The van der Waals surface area contributed by atoms with Crippen LogP contribution in [-0.2, 0) is 20.7 Å². The highest BCUT2D eigenvalue weighted by Crippen LogP contribution is 2.22. The highest BCUT2D eigenvalue weighted by Gasteiger charge is 2.36. The molecule has 3 rings (SSSR count). The Bertz CT molecular complexity index is 596. The zero-order valence-corrected chi connectivity index (χ0v) is 14.8. The summed E-state index contributed by atoms with van der Waals surface area (Å²) in [6.45, 7) is 5.63. The molecule has 1 atom stereocenters. The molecule has 1 aromatic carbocycles. The van der Waals surface area contributed by atoms with Crippen LogP contribution < -0.4 is 4.74 Å². The third-order valence-corrected chi connectivity index (χ3v) is 4.77. The van der Waals surface area contributed by atoms with Crippen LogP contribution in [-0.4, -0.2) is 67.1 Å². The van der Waals surface area contributed by atoms with Gasteiger partial charge in [0.05, 0.1) is 26.2 Å². The van der Waals surface area contributed by atoms with Crippen molar-refractivity contribution in [3.8, 4) is 5.75 Å². The molecule has 0 radical (unpaired) electrons. The first-order chi connectivity index (χ1) is 12.2. The molecule has 136 valence electrons. The van der Waals surface area contributed by atoms with Crippen molar-refractivity contribution < 1.29 is 19.1 Å². The monoisotopic (exact) mass is 346 g/mol. The second-order valence-electron chi connectivity index (χ2n) is 6.44. The average Bonchev–Trinajstić information content (AvgIpc) is 3.13. The number of ether oxygens (including phenoxy) is 2. The molecule has 0 N–H and O–H groups in total. The third-order valence-electron chi connectivity index (χ3n) is 4.77. The van der Waals surface area contributed by atoms with Crippen molar-refractivity contribution in [2.75, 3.05) is 39.5 Å². The van der Waals surface area contributed by atoms with Gasteiger partial charge in [-0.2, -0.15) is 0 Å². The molecule has 0 unspecified atom stereocenters. The fourth-order valence-corrected chi connectivity index (χ4v) is 3.46. The molecule has 0 saturated carbocycles. The van der Waals surface area contributed by atoms with E-state index in [1.165, 1.54) is 0 Å². The Hall–Kier alpha value is -2.08. The quantitative estimate of drug-likeness (QED) is 0.810. The molecule has 2 aliphatic heterocycles. The Kier molecular flexibility index (Phi) is 5.91. The van der Waals surface area contributed by atoms with Crippen molar-refractivity contribution >= 4 is 11.8 Å². The number of benzene rings is 1. The van der Waals surface area contributed by atoms with Crippen molar-refractivity contribution in [2.24, 2.45) is 0 Å². The van der Waals surface area contributed by atoms with Crippen molar-refractivity contribution in [2.45, 2.75) is 32.2 Å². The summed E-state index contributed by atoms with van der Waals surface area (Å²) in [6, 6.07) is 7.28. The van der Waals surface area contributed by atoms with Gasteiger partial charge in [0.1, 0.15) is 11.8 Å². The second kappa shape index (κ2) is 8.34. The maximum absolute atomic E-state index is 12.7. The van der Waals surface area contributed by atoms with Gasteiger partial charge in [-0.05, 0) is 37.5 Å². The maximum atomic E-state index is 12.7. The van der Waals surface area contributed by atoms with Gasteiger partial charge in [-0.15, -0.1) is 0 Å². The second-order valence-corrected chi connectivity index (χ2v) is 6.44. The minimum Gasteiger partial charge on any atom is -0.494 e. The molecule has 25 heavy (non-hydrogen) atoms. The number of carbonyl (C=O) groups is 2. The predicted octanol–water partition coefficient (Wildman–Crippen LogP) is 1.48. The van der Waals surface area contributed by atoms with Crippen LogP contribution in [0.5, 0.6) is 5.75 Å². The molecule has 2 amide bonds. The van der Waals surface area contributed by atoms with Gasteiger partial charge < -0.3 is 19.3 Å². The summed E-state index contributed by atoms with van der Waals surface area (Å²) < 4.78 is 10.7. The zero-order chi connectivity index (χ0) is 17.6. The fourth-order valence-electron chi connectivity index (χ4n) is 3.46. The molecule has 2 fully saturated rings. The van der Waals surface area contributed by atoms with Crippen molar-refractivity contribution in [1.82, 2.24) is 9.80 Å².